The molecule has 3 rings (SSSR count). The summed E-state index contributed by atoms with van der Waals surface area (Å²) in [5, 5.41) is 0.757. The topological polar surface area (TPSA) is 61.2 Å². The molecule has 25 heavy (non-hydrogen) atoms. The highest BCUT2D eigenvalue weighted by atomic mass is 16.5. The molecule has 2 aromatic heterocycles. The Morgan fingerprint density at radius 1 is 1.16 bits per heavy atom. The zero-order valence-electron chi connectivity index (χ0n) is 14.8. The number of esters is 1. The van der Waals surface area contributed by atoms with E-state index in [2.05, 4.69) is 11.9 Å². The van der Waals surface area contributed by atoms with Crippen molar-refractivity contribution < 1.29 is 14.3 Å². The van der Waals surface area contributed by atoms with E-state index in [1.54, 1.807) is 23.8 Å². The van der Waals surface area contributed by atoms with Gasteiger partial charge in [0.1, 0.15) is 5.69 Å². The normalized spacial score (nSPS) is 10.9. The van der Waals surface area contributed by atoms with Crippen molar-refractivity contribution in [2.45, 2.75) is 34.1 Å². The van der Waals surface area contributed by atoms with Crippen molar-refractivity contribution >= 4 is 22.8 Å². The molecule has 0 bridgehead atoms. The van der Waals surface area contributed by atoms with Crippen molar-refractivity contribution in [2.75, 3.05) is 0 Å². The number of hydrogen-bond acceptors (Lipinski definition) is 4. The Hall–Kier alpha value is -2.95. The zero-order valence-corrected chi connectivity index (χ0v) is 14.8. The van der Waals surface area contributed by atoms with Gasteiger partial charge in [-0.3, -0.25) is 19.1 Å². The van der Waals surface area contributed by atoms with E-state index in [0.717, 1.165) is 22.9 Å². The van der Waals surface area contributed by atoms with Crippen LogP contribution in [0.15, 0.2) is 36.5 Å². The Kier molecular flexibility index (Phi) is 4.40. The molecule has 0 atom stereocenters. The van der Waals surface area contributed by atoms with E-state index in [9.17, 15) is 9.59 Å². The number of pyridine rings is 1. The van der Waals surface area contributed by atoms with E-state index in [1.165, 1.54) is 6.92 Å². The van der Waals surface area contributed by atoms with Crippen LogP contribution < -0.4 is 4.74 Å². The molecule has 0 spiro atoms. The van der Waals surface area contributed by atoms with Crippen molar-refractivity contribution in [3.63, 3.8) is 0 Å². The molecule has 0 unspecified atom stereocenters. The number of ether oxygens (including phenoxy) is 1. The van der Waals surface area contributed by atoms with E-state index in [1.807, 2.05) is 31.2 Å². The highest BCUT2D eigenvalue weighted by molar-refractivity contribution is 6.04. The molecule has 128 valence electrons. The van der Waals surface area contributed by atoms with Gasteiger partial charge in [0.05, 0.1) is 11.2 Å². The molecular weight excluding hydrogens is 316 g/mol. The van der Waals surface area contributed by atoms with Gasteiger partial charge >= 0.3 is 5.97 Å². The van der Waals surface area contributed by atoms with Gasteiger partial charge in [0.15, 0.2) is 5.75 Å². The fourth-order valence-corrected chi connectivity index (χ4v) is 2.96. The highest BCUT2D eigenvalue weighted by Gasteiger charge is 2.22. The average Bonchev–Trinajstić information content (AvgIpc) is 2.85. The zero-order chi connectivity index (χ0) is 18.1. The molecule has 0 radical (unpaired) electrons. The molecular formula is C20H20N2O3. The summed E-state index contributed by atoms with van der Waals surface area (Å²) in [6, 6.07) is 9.43. The smallest absolute Gasteiger partial charge is 0.308 e. The van der Waals surface area contributed by atoms with Crippen LogP contribution in [0.3, 0.4) is 0 Å². The van der Waals surface area contributed by atoms with Crippen molar-refractivity contribution in [2.24, 2.45) is 0 Å². The predicted molar refractivity (Wildman–Crippen MR) is 96.1 cm³/mol. The van der Waals surface area contributed by atoms with Gasteiger partial charge in [-0.15, -0.1) is 0 Å². The SMILES string of the molecule is CCc1ccc2c(c1)c(OC(C)=O)c(C)n2C(=O)c1cc(C)ccn1. The first kappa shape index (κ1) is 16.9. The van der Waals surface area contributed by atoms with Gasteiger partial charge < -0.3 is 4.74 Å². The molecule has 0 aliphatic heterocycles. The summed E-state index contributed by atoms with van der Waals surface area (Å²) in [5.41, 5.74) is 3.72. The Morgan fingerprint density at radius 2 is 1.92 bits per heavy atom. The van der Waals surface area contributed by atoms with Gasteiger partial charge in [-0.05, 0) is 55.7 Å². The third-order valence-electron chi connectivity index (χ3n) is 4.20. The number of aromatic nitrogens is 2. The number of carbonyl (C=O) groups is 2. The molecule has 0 N–H and O–H groups in total. The number of aryl methyl sites for hydroxylation is 2. The molecule has 1 aromatic carbocycles. The molecule has 0 aliphatic rings. The average molecular weight is 336 g/mol. The van der Waals surface area contributed by atoms with E-state index >= 15 is 0 Å². The number of benzene rings is 1. The van der Waals surface area contributed by atoms with Crippen LogP contribution >= 0.6 is 0 Å². The maximum Gasteiger partial charge on any atom is 0.308 e. The molecule has 0 amide bonds. The largest absolute Gasteiger partial charge is 0.424 e. The van der Waals surface area contributed by atoms with Gasteiger partial charge in [-0.1, -0.05) is 13.0 Å². The quantitative estimate of drug-likeness (QED) is 0.682. The fraction of sp³-hybridized carbons (Fsp3) is 0.250. The van der Waals surface area contributed by atoms with E-state index < -0.39 is 5.97 Å². The maximum absolute atomic E-state index is 13.0. The monoisotopic (exact) mass is 336 g/mol. The van der Waals surface area contributed by atoms with Crippen LogP contribution in [0.25, 0.3) is 10.9 Å². The van der Waals surface area contributed by atoms with Gasteiger partial charge in [0, 0.05) is 18.5 Å². The molecule has 0 saturated carbocycles. The molecule has 3 aromatic rings. The summed E-state index contributed by atoms with van der Waals surface area (Å²) in [7, 11) is 0. The second-order valence-corrected chi connectivity index (χ2v) is 6.07. The summed E-state index contributed by atoms with van der Waals surface area (Å²) in [5.74, 6) is -0.224. The highest BCUT2D eigenvalue weighted by Crippen LogP contribution is 2.34. The number of carbonyl (C=O) groups excluding carboxylic acids is 2. The third-order valence-corrected chi connectivity index (χ3v) is 4.20. The fourth-order valence-electron chi connectivity index (χ4n) is 2.96. The standard InChI is InChI=1S/C20H20N2O3/c1-5-15-6-7-18-16(11-15)19(25-14(4)23)13(3)22(18)20(24)17-10-12(2)8-9-21-17/h6-11H,5H2,1-4H3. The molecule has 0 aliphatic carbocycles. The minimum Gasteiger partial charge on any atom is -0.424 e. The lowest BCUT2D eigenvalue weighted by molar-refractivity contribution is -0.131. The van der Waals surface area contributed by atoms with Gasteiger partial charge in [-0.25, -0.2) is 0 Å². The first-order chi connectivity index (χ1) is 11.9. The number of hydrogen-bond donors (Lipinski definition) is 0. The van der Waals surface area contributed by atoms with Crippen LogP contribution in [0, 0.1) is 13.8 Å². The van der Waals surface area contributed by atoms with Crippen LogP contribution in [-0.2, 0) is 11.2 Å². The first-order valence-corrected chi connectivity index (χ1v) is 8.22. The van der Waals surface area contributed by atoms with Crippen LogP contribution in [0.4, 0.5) is 0 Å². The lowest BCUT2D eigenvalue weighted by atomic mass is 10.1. The van der Waals surface area contributed by atoms with E-state index in [0.29, 0.717) is 22.7 Å². The van der Waals surface area contributed by atoms with Crippen LogP contribution in [-0.4, -0.2) is 21.4 Å². The Bertz CT molecular complexity index is 986. The minimum absolute atomic E-state index is 0.242. The third kappa shape index (κ3) is 3.05. The lowest BCUT2D eigenvalue weighted by Gasteiger charge is -2.07. The lowest BCUT2D eigenvalue weighted by Crippen LogP contribution is -2.15. The van der Waals surface area contributed by atoms with Gasteiger partial charge in [0.2, 0.25) is 0 Å². The van der Waals surface area contributed by atoms with Crippen molar-refractivity contribution in [3.8, 4) is 5.75 Å². The Morgan fingerprint density at radius 3 is 2.56 bits per heavy atom. The number of rotatable bonds is 3. The van der Waals surface area contributed by atoms with E-state index in [4.69, 9.17) is 4.74 Å². The summed E-state index contributed by atoms with van der Waals surface area (Å²) in [6.07, 6.45) is 2.47. The molecule has 5 nitrogen and oxygen atoms in total. The summed E-state index contributed by atoms with van der Waals surface area (Å²) in [4.78, 5) is 28.8. The molecule has 0 saturated heterocycles. The van der Waals surface area contributed by atoms with Crippen LogP contribution in [0.2, 0.25) is 0 Å². The van der Waals surface area contributed by atoms with E-state index in [-0.39, 0.29) is 5.91 Å². The van der Waals surface area contributed by atoms with Crippen LogP contribution in [0.1, 0.15) is 41.2 Å². The molecule has 2 heterocycles. The van der Waals surface area contributed by atoms with Crippen molar-refractivity contribution in [1.82, 2.24) is 9.55 Å². The Labute approximate surface area is 146 Å². The second-order valence-electron chi connectivity index (χ2n) is 6.07. The summed E-state index contributed by atoms with van der Waals surface area (Å²) < 4.78 is 6.98. The minimum atomic E-state index is -0.412. The van der Waals surface area contributed by atoms with Crippen molar-refractivity contribution in [1.29, 1.82) is 0 Å². The Balaban J connectivity index is 2.25. The second kappa shape index (κ2) is 6.51. The first-order valence-electron chi connectivity index (χ1n) is 8.22. The maximum atomic E-state index is 13.0. The summed E-state index contributed by atoms with van der Waals surface area (Å²) >= 11 is 0. The van der Waals surface area contributed by atoms with Crippen LogP contribution in [0.5, 0.6) is 5.75 Å². The molecule has 0 fully saturated rings. The van der Waals surface area contributed by atoms with Crippen molar-refractivity contribution in [3.05, 3.63) is 59.0 Å². The summed E-state index contributed by atoms with van der Waals surface area (Å²) in [6.45, 7) is 7.10. The predicted octanol–water partition coefficient (Wildman–Crippen LogP) is 3.83. The number of fused-ring (bicyclic) bond motifs is 1. The van der Waals surface area contributed by atoms with Gasteiger partial charge in [0.25, 0.3) is 5.91 Å². The number of nitrogens with zero attached hydrogens (tertiary/aromatic N) is 2. The van der Waals surface area contributed by atoms with Gasteiger partial charge in [-0.2, -0.15) is 0 Å². The molecule has 5 heteroatoms.